The Kier molecular flexibility index (Phi) is 6.41. The van der Waals surface area contributed by atoms with Crippen molar-refractivity contribution >= 4 is 45.3 Å². The summed E-state index contributed by atoms with van der Waals surface area (Å²) < 4.78 is 0. The first-order chi connectivity index (χ1) is 10.2. The second-order valence-electron chi connectivity index (χ2n) is 6.27. The lowest BCUT2D eigenvalue weighted by Gasteiger charge is -2.32. The monoisotopic (exact) mass is 399 g/mol. The molecule has 0 aromatic heterocycles. The number of nitro groups is 1. The van der Waals surface area contributed by atoms with Gasteiger partial charge in [0.15, 0.2) is 5.17 Å². The minimum absolute atomic E-state index is 0. The van der Waals surface area contributed by atoms with Crippen LogP contribution in [-0.2, 0) is 0 Å². The van der Waals surface area contributed by atoms with E-state index in [4.69, 9.17) is 4.99 Å². The molecule has 0 aliphatic carbocycles. The molecule has 126 valence electrons. The summed E-state index contributed by atoms with van der Waals surface area (Å²) in [5.41, 5.74) is 2.79. The summed E-state index contributed by atoms with van der Waals surface area (Å²) in [4.78, 5) is 17.4. The van der Waals surface area contributed by atoms with Gasteiger partial charge in [-0.1, -0.05) is 23.9 Å². The van der Waals surface area contributed by atoms with E-state index in [2.05, 4.69) is 25.3 Å². The number of hydrogen-bond acceptors (Lipinski definition) is 4. The molecular formula is C16H22BrN3O2S. The molecule has 23 heavy (non-hydrogen) atoms. The average Bonchev–Trinajstić information content (AvgIpc) is 2.68. The van der Waals surface area contributed by atoms with Crippen molar-refractivity contribution in [2.75, 3.05) is 12.3 Å². The zero-order valence-corrected chi connectivity index (χ0v) is 16.4. The third-order valence-electron chi connectivity index (χ3n) is 3.55. The Morgan fingerprint density at radius 3 is 2.70 bits per heavy atom. The molecule has 0 radical (unpaired) electrons. The highest BCUT2D eigenvalue weighted by Crippen LogP contribution is 2.35. The van der Waals surface area contributed by atoms with Gasteiger partial charge in [-0.2, -0.15) is 0 Å². The maximum absolute atomic E-state index is 10.8. The Balaban J connectivity index is 0.00000264. The number of amidine groups is 1. The number of nitro benzene ring substituents is 1. The molecule has 1 fully saturated rings. The van der Waals surface area contributed by atoms with Crippen LogP contribution >= 0.6 is 28.7 Å². The van der Waals surface area contributed by atoms with E-state index in [1.54, 1.807) is 23.9 Å². The molecule has 5 nitrogen and oxygen atoms in total. The summed E-state index contributed by atoms with van der Waals surface area (Å²) in [5, 5.41) is 11.8. The first kappa shape index (κ1) is 19.7. The molecule has 0 atom stereocenters. The standard InChI is InChI=1S/C16H21N3O2S.BrH/c1-11(2)9-18-15(22-10-16(18,4)5)17-14-7-6-13(19(20)21)8-12(14)3;/h6-8H,1,9-10H2,2-5H3;1H. The van der Waals surface area contributed by atoms with Crippen LogP contribution in [0.15, 0.2) is 35.3 Å². The van der Waals surface area contributed by atoms with E-state index in [1.165, 1.54) is 6.07 Å². The van der Waals surface area contributed by atoms with Crippen molar-refractivity contribution < 1.29 is 4.92 Å². The second-order valence-corrected chi connectivity index (χ2v) is 7.21. The number of nitrogens with zero attached hydrogens (tertiary/aromatic N) is 3. The van der Waals surface area contributed by atoms with E-state index in [1.807, 2.05) is 13.8 Å². The first-order valence-corrected chi connectivity index (χ1v) is 8.08. The van der Waals surface area contributed by atoms with Crippen molar-refractivity contribution in [3.05, 3.63) is 46.0 Å². The van der Waals surface area contributed by atoms with Crippen molar-refractivity contribution in [1.82, 2.24) is 4.90 Å². The molecule has 0 unspecified atom stereocenters. The van der Waals surface area contributed by atoms with Crippen molar-refractivity contribution in [3.8, 4) is 0 Å². The SMILES string of the molecule is Br.C=C(C)CN1C(=Nc2ccc([N+](=O)[O-])cc2C)SCC1(C)C. The number of non-ortho nitro benzene ring substituents is 1. The Hall–Kier alpha value is -1.34. The van der Waals surface area contributed by atoms with Crippen LogP contribution in [0.25, 0.3) is 0 Å². The van der Waals surface area contributed by atoms with Gasteiger partial charge in [0.1, 0.15) is 0 Å². The summed E-state index contributed by atoms with van der Waals surface area (Å²) in [6.07, 6.45) is 0. The summed E-state index contributed by atoms with van der Waals surface area (Å²) in [5.74, 6) is 0.963. The molecule has 7 heteroatoms. The van der Waals surface area contributed by atoms with E-state index < -0.39 is 0 Å². The van der Waals surface area contributed by atoms with Crippen molar-refractivity contribution in [2.24, 2.45) is 4.99 Å². The number of benzene rings is 1. The van der Waals surface area contributed by atoms with Crippen LogP contribution in [0.4, 0.5) is 11.4 Å². The Bertz CT molecular complexity index is 659. The molecule has 1 saturated heterocycles. The number of hydrogen-bond donors (Lipinski definition) is 0. The predicted octanol–water partition coefficient (Wildman–Crippen LogP) is 4.87. The first-order valence-electron chi connectivity index (χ1n) is 7.09. The molecule has 0 bridgehead atoms. The van der Waals surface area contributed by atoms with E-state index in [-0.39, 0.29) is 33.1 Å². The number of aryl methyl sites for hydroxylation is 1. The van der Waals surface area contributed by atoms with Gasteiger partial charge in [0.05, 0.1) is 10.6 Å². The summed E-state index contributed by atoms with van der Waals surface area (Å²) >= 11 is 1.71. The van der Waals surface area contributed by atoms with Crippen molar-refractivity contribution in [2.45, 2.75) is 33.2 Å². The smallest absolute Gasteiger partial charge is 0.269 e. The van der Waals surface area contributed by atoms with Gasteiger partial charge in [-0.3, -0.25) is 10.1 Å². The summed E-state index contributed by atoms with van der Waals surface area (Å²) in [7, 11) is 0. The molecule has 1 heterocycles. The highest BCUT2D eigenvalue weighted by molar-refractivity contribution is 8.93. The minimum Gasteiger partial charge on any atom is -0.341 e. The summed E-state index contributed by atoms with van der Waals surface area (Å²) in [6.45, 7) is 13.0. The molecule has 0 amide bonds. The van der Waals surface area contributed by atoms with Gasteiger partial charge in [-0.15, -0.1) is 17.0 Å². The molecule has 0 N–H and O–H groups in total. The van der Waals surface area contributed by atoms with Gasteiger partial charge in [-0.05, 0) is 39.3 Å². The van der Waals surface area contributed by atoms with Gasteiger partial charge in [0.2, 0.25) is 0 Å². The Labute approximate surface area is 151 Å². The lowest BCUT2D eigenvalue weighted by atomic mass is 10.1. The molecule has 2 rings (SSSR count). The second kappa shape index (κ2) is 7.49. The lowest BCUT2D eigenvalue weighted by molar-refractivity contribution is -0.384. The van der Waals surface area contributed by atoms with Crippen LogP contribution in [0.5, 0.6) is 0 Å². The lowest BCUT2D eigenvalue weighted by Crippen LogP contribution is -2.43. The fourth-order valence-corrected chi connectivity index (χ4v) is 3.55. The molecular weight excluding hydrogens is 378 g/mol. The van der Waals surface area contributed by atoms with Gasteiger partial charge in [0.25, 0.3) is 5.69 Å². The van der Waals surface area contributed by atoms with Crippen LogP contribution in [0.1, 0.15) is 26.3 Å². The molecule has 0 saturated carbocycles. The fraction of sp³-hybridized carbons (Fsp3) is 0.438. The van der Waals surface area contributed by atoms with Crippen LogP contribution < -0.4 is 0 Å². The topological polar surface area (TPSA) is 58.7 Å². The number of aliphatic imine (C=N–C) groups is 1. The molecule has 1 aliphatic heterocycles. The van der Waals surface area contributed by atoms with Gasteiger partial charge < -0.3 is 4.90 Å². The molecule has 1 aliphatic rings. The zero-order chi connectivity index (χ0) is 16.5. The normalized spacial score (nSPS) is 17.9. The highest BCUT2D eigenvalue weighted by Gasteiger charge is 2.36. The zero-order valence-electron chi connectivity index (χ0n) is 13.8. The molecule has 1 aromatic rings. The van der Waals surface area contributed by atoms with Crippen molar-refractivity contribution in [3.63, 3.8) is 0 Å². The maximum atomic E-state index is 10.8. The quantitative estimate of drug-likeness (QED) is 0.411. The van der Waals surface area contributed by atoms with E-state index >= 15 is 0 Å². The average molecular weight is 400 g/mol. The molecule has 1 aromatic carbocycles. The van der Waals surface area contributed by atoms with E-state index in [9.17, 15) is 10.1 Å². The van der Waals surface area contributed by atoms with Gasteiger partial charge in [-0.25, -0.2) is 4.99 Å². The maximum Gasteiger partial charge on any atom is 0.269 e. The van der Waals surface area contributed by atoms with Crippen LogP contribution in [0.2, 0.25) is 0 Å². The minimum atomic E-state index is -0.384. The molecule has 0 spiro atoms. The predicted molar refractivity (Wildman–Crippen MR) is 103 cm³/mol. The largest absolute Gasteiger partial charge is 0.341 e. The van der Waals surface area contributed by atoms with Crippen LogP contribution in [0.3, 0.4) is 0 Å². The number of thioether (sulfide) groups is 1. The number of halogens is 1. The van der Waals surface area contributed by atoms with E-state index in [0.29, 0.717) is 0 Å². The highest BCUT2D eigenvalue weighted by atomic mass is 79.9. The van der Waals surface area contributed by atoms with E-state index in [0.717, 1.165) is 34.3 Å². The van der Waals surface area contributed by atoms with Gasteiger partial charge in [0, 0.05) is 30.0 Å². The third kappa shape index (κ3) is 4.57. The van der Waals surface area contributed by atoms with Crippen molar-refractivity contribution in [1.29, 1.82) is 0 Å². The summed E-state index contributed by atoms with van der Waals surface area (Å²) in [6, 6.07) is 4.78. The Morgan fingerprint density at radius 2 is 2.17 bits per heavy atom. The third-order valence-corrected chi connectivity index (χ3v) is 4.97. The fourth-order valence-electron chi connectivity index (χ4n) is 2.28. The van der Waals surface area contributed by atoms with Gasteiger partial charge >= 0.3 is 0 Å². The number of rotatable bonds is 4. The Morgan fingerprint density at radius 1 is 1.52 bits per heavy atom. The van der Waals surface area contributed by atoms with Crippen LogP contribution in [0, 0.1) is 17.0 Å². The van der Waals surface area contributed by atoms with Crippen LogP contribution in [-0.4, -0.2) is 32.8 Å².